The number of carbonyl (C=O) groups is 1. The van der Waals surface area contributed by atoms with E-state index in [0.29, 0.717) is 5.75 Å². The van der Waals surface area contributed by atoms with Crippen LogP contribution in [0.3, 0.4) is 0 Å². The molecule has 0 aliphatic carbocycles. The average molecular weight is 454 g/mol. The maximum absolute atomic E-state index is 12.8. The van der Waals surface area contributed by atoms with Crippen LogP contribution in [0.25, 0.3) is 10.8 Å². The average Bonchev–Trinajstić information content (AvgIpc) is 2.71. The minimum atomic E-state index is -5.94. The summed E-state index contributed by atoms with van der Waals surface area (Å²) in [5, 5.41) is 0.288. The standard InChI is InChI=1S/C21H17F3O6S/c1-2-28-20(25)16-10-15-11-17(29-13-14-6-4-3-5-7-14)8-9-18(15)19(12-16)30-31(26,27)21(22,23)24/h3-12H,2,13H2,1H3. The quantitative estimate of drug-likeness (QED) is 0.289. The molecule has 0 heterocycles. The second kappa shape index (κ2) is 8.84. The van der Waals surface area contributed by atoms with Crippen LogP contribution >= 0.6 is 0 Å². The first kappa shape index (κ1) is 22.4. The van der Waals surface area contributed by atoms with Crippen LogP contribution < -0.4 is 8.92 Å². The first-order valence-electron chi connectivity index (χ1n) is 9.03. The minimum absolute atomic E-state index is 0.0220. The fraction of sp³-hybridized carbons (Fsp3) is 0.190. The molecule has 3 aromatic carbocycles. The molecule has 0 N–H and O–H groups in total. The first-order valence-corrected chi connectivity index (χ1v) is 10.4. The lowest BCUT2D eigenvalue weighted by atomic mass is 10.1. The molecule has 0 aromatic heterocycles. The van der Waals surface area contributed by atoms with E-state index < -0.39 is 27.3 Å². The van der Waals surface area contributed by atoms with Crippen LogP contribution in [0.5, 0.6) is 11.5 Å². The van der Waals surface area contributed by atoms with Gasteiger partial charge >= 0.3 is 21.6 Å². The van der Waals surface area contributed by atoms with Crippen molar-refractivity contribution >= 4 is 26.9 Å². The van der Waals surface area contributed by atoms with Gasteiger partial charge < -0.3 is 13.7 Å². The molecule has 0 saturated carbocycles. The number of esters is 1. The summed E-state index contributed by atoms with van der Waals surface area (Å²) in [5.41, 5.74) is -4.90. The monoisotopic (exact) mass is 454 g/mol. The summed E-state index contributed by atoms with van der Waals surface area (Å²) in [6.45, 7) is 1.81. The first-order chi connectivity index (χ1) is 14.6. The molecule has 0 amide bonds. The van der Waals surface area contributed by atoms with Crippen LogP contribution in [0.4, 0.5) is 13.2 Å². The molecule has 0 saturated heterocycles. The van der Waals surface area contributed by atoms with Gasteiger partial charge in [-0.05, 0) is 48.2 Å². The number of rotatable bonds is 7. The molecule has 0 fully saturated rings. The van der Waals surface area contributed by atoms with Crippen molar-refractivity contribution < 1.29 is 40.0 Å². The van der Waals surface area contributed by atoms with Crippen molar-refractivity contribution in [3.63, 3.8) is 0 Å². The summed E-state index contributed by atoms with van der Waals surface area (Å²) < 4.78 is 76.3. The van der Waals surface area contributed by atoms with Gasteiger partial charge in [-0.3, -0.25) is 0 Å². The zero-order chi connectivity index (χ0) is 22.6. The Hall–Kier alpha value is -3.27. The van der Waals surface area contributed by atoms with E-state index in [1.165, 1.54) is 24.3 Å². The lowest BCUT2D eigenvalue weighted by Gasteiger charge is -2.14. The number of hydrogen-bond donors (Lipinski definition) is 0. The Morgan fingerprint density at radius 3 is 2.35 bits per heavy atom. The maximum atomic E-state index is 12.8. The Bertz CT molecular complexity index is 1190. The third-order valence-electron chi connectivity index (χ3n) is 4.13. The Balaban J connectivity index is 2.02. The second-order valence-corrected chi connectivity index (χ2v) is 7.87. The van der Waals surface area contributed by atoms with Crippen LogP contribution in [0.1, 0.15) is 22.8 Å². The molecule has 31 heavy (non-hydrogen) atoms. The van der Waals surface area contributed by atoms with Crippen LogP contribution in [-0.4, -0.2) is 26.5 Å². The Morgan fingerprint density at radius 1 is 1.00 bits per heavy atom. The zero-order valence-corrected chi connectivity index (χ0v) is 17.0. The van der Waals surface area contributed by atoms with Gasteiger partial charge in [-0.15, -0.1) is 0 Å². The fourth-order valence-corrected chi connectivity index (χ4v) is 3.18. The minimum Gasteiger partial charge on any atom is -0.489 e. The van der Waals surface area contributed by atoms with Crippen molar-refractivity contribution in [3.8, 4) is 11.5 Å². The summed E-state index contributed by atoms with van der Waals surface area (Å²) in [5.74, 6) is -1.12. The van der Waals surface area contributed by atoms with E-state index >= 15 is 0 Å². The van der Waals surface area contributed by atoms with E-state index in [9.17, 15) is 26.4 Å². The topological polar surface area (TPSA) is 78.9 Å². The van der Waals surface area contributed by atoms with Gasteiger partial charge in [-0.25, -0.2) is 4.79 Å². The van der Waals surface area contributed by atoms with Gasteiger partial charge in [0.15, 0.2) is 5.75 Å². The molecule has 0 atom stereocenters. The SMILES string of the molecule is CCOC(=O)c1cc(OS(=O)(=O)C(F)(F)F)c2ccc(OCc3ccccc3)cc2c1. The highest BCUT2D eigenvalue weighted by Crippen LogP contribution is 2.35. The van der Waals surface area contributed by atoms with E-state index in [0.717, 1.165) is 11.6 Å². The van der Waals surface area contributed by atoms with E-state index in [4.69, 9.17) is 9.47 Å². The Morgan fingerprint density at radius 2 is 1.71 bits per heavy atom. The zero-order valence-electron chi connectivity index (χ0n) is 16.2. The molecule has 164 valence electrons. The van der Waals surface area contributed by atoms with E-state index in [1.807, 2.05) is 30.3 Å². The molecule has 10 heteroatoms. The van der Waals surface area contributed by atoms with Gasteiger partial charge in [0.05, 0.1) is 12.2 Å². The lowest BCUT2D eigenvalue weighted by Crippen LogP contribution is -2.28. The van der Waals surface area contributed by atoms with Crippen molar-refractivity contribution in [2.45, 2.75) is 19.0 Å². The molecule has 0 bridgehead atoms. The van der Waals surface area contributed by atoms with Crippen LogP contribution in [0.15, 0.2) is 60.7 Å². The van der Waals surface area contributed by atoms with Gasteiger partial charge in [-0.1, -0.05) is 30.3 Å². The third kappa shape index (κ3) is 5.26. The molecular weight excluding hydrogens is 437 g/mol. The number of halogens is 3. The predicted octanol–water partition coefficient (Wildman–Crippen LogP) is 4.82. The summed E-state index contributed by atoms with van der Waals surface area (Å²) in [7, 11) is -5.94. The molecule has 0 radical (unpaired) electrons. The van der Waals surface area contributed by atoms with Crippen LogP contribution in [0, 0.1) is 0 Å². The van der Waals surface area contributed by atoms with Crippen molar-refractivity contribution in [2.75, 3.05) is 6.61 Å². The smallest absolute Gasteiger partial charge is 0.489 e. The summed E-state index contributed by atoms with van der Waals surface area (Å²) >= 11 is 0. The number of fused-ring (bicyclic) bond motifs is 1. The van der Waals surface area contributed by atoms with Gasteiger partial charge in [0.2, 0.25) is 0 Å². The van der Waals surface area contributed by atoms with Crippen molar-refractivity contribution in [1.82, 2.24) is 0 Å². The number of carbonyl (C=O) groups excluding carboxylic acids is 1. The van der Waals surface area contributed by atoms with Crippen molar-refractivity contribution in [3.05, 3.63) is 71.8 Å². The van der Waals surface area contributed by atoms with E-state index in [1.54, 1.807) is 6.92 Å². The number of benzene rings is 3. The summed E-state index contributed by atoms with van der Waals surface area (Å²) in [6.07, 6.45) is 0. The molecule has 0 aliphatic rings. The normalized spacial score (nSPS) is 11.9. The van der Waals surface area contributed by atoms with Crippen molar-refractivity contribution in [2.24, 2.45) is 0 Å². The summed E-state index contributed by atoms with van der Waals surface area (Å²) in [4.78, 5) is 12.1. The number of alkyl halides is 3. The van der Waals surface area contributed by atoms with Crippen LogP contribution in [-0.2, 0) is 21.5 Å². The fourth-order valence-electron chi connectivity index (χ4n) is 2.71. The van der Waals surface area contributed by atoms with Gasteiger partial charge in [-0.2, -0.15) is 21.6 Å². The van der Waals surface area contributed by atoms with Gasteiger partial charge in [0.25, 0.3) is 0 Å². The second-order valence-electron chi connectivity index (χ2n) is 6.34. The molecule has 0 spiro atoms. The number of ether oxygens (including phenoxy) is 2. The van der Waals surface area contributed by atoms with E-state index in [-0.39, 0.29) is 29.5 Å². The maximum Gasteiger partial charge on any atom is 0.534 e. The van der Waals surface area contributed by atoms with Gasteiger partial charge in [0.1, 0.15) is 12.4 Å². The Kier molecular flexibility index (Phi) is 6.40. The lowest BCUT2D eigenvalue weighted by molar-refractivity contribution is -0.0499. The van der Waals surface area contributed by atoms with Crippen molar-refractivity contribution in [1.29, 1.82) is 0 Å². The highest BCUT2D eigenvalue weighted by molar-refractivity contribution is 7.88. The van der Waals surface area contributed by atoms with E-state index in [2.05, 4.69) is 4.18 Å². The molecule has 6 nitrogen and oxygen atoms in total. The number of hydrogen-bond acceptors (Lipinski definition) is 6. The molecule has 3 aromatic rings. The largest absolute Gasteiger partial charge is 0.534 e. The molecule has 3 rings (SSSR count). The third-order valence-corrected chi connectivity index (χ3v) is 5.09. The Labute approximate surface area is 176 Å². The molecular formula is C21H17F3O6S. The van der Waals surface area contributed by atoms with Crippen LogP contribution in [0.2, 0.25) is 0 Å². The van der Waals surface area contributed by atoms with Gasteiger partial charge in [0, 0.05) is 5.39 Å². The predicted molar refractivity (Wildman–Crippen MR) is 106 cm³/mol. The highest BCUT2D eigenvalue weighted by atomic mass is 32.2. The highest BCUT2D eigenvalue weighted by Gasteiger charge is 2.48. The molecule has 0 aliphatic heterocycles. The summed E-state index contributed by atoms with van der Waals surface area (Å²) in [6, 6.07) is 15.8. The molecule has 0 unspecified atom stereocenters.